The van der Waals surface area contributed by atoms with E-state index in [-0.39, 0.29) is 17.1 Å². The SMILES string of the molecule is Cc1cc([C@@H]2CCCN(S(=O)(=O)CC(C)(C)C)C2)n[nH]1. The van der Waals surface area contributed by atoms with Crippen molar-refractivity contribution in [3.05, 3.63) is 17.5 Å². The Morgan fingerprint density at radius 1 is 1.45 bits per heavy atom. The van der Waals surface area contributed by atoms with Crippen LogP contribution in [0.2, 0.25) is 0 Å². The van der Waals surface area contributed by atoms with Crippen LogP contribution in [0.25, 0.3) is 0 Å². The molecule has 1 saturated heterocycles. The van der Waals surface area contributed by atoms with E-state index in [0.717, 1.165) is 24.2 Å². The van der Waals surface area contributed by atoms with Gasteiger partial charge in [0, 0.05) is 24.7 Å². The molecule has 1 aliphatic rings. The Balaban J connectivity index is 2.11. The van der Waals surface area contributed by atoms with Crippen molar-refractivity contribution < 1.29 is 8.42 Å². The second-order valence-corrected chi connectivity index (χ2v) is 8.96. The molecule has 6 heteroatoms. The molecule has 0 radical (unpaired) electrons. The van der Waals surface area contributed by atoms with Gasteiger partial charge in [-0.25, -0.2) is 12.7 Å². The third-order valence-corrected chi connectivity index (χ3v) is 5.89. The Hall–Kier alpha value is -0.880. The van der Waals surface area contributed by atoms with Gasteiger partial charge in [0.25, 0.3) is 0 Å². The van der Waals surface area contributed by atoms with Crippen LogP contribution in [0.3, 0.4) is 0 Å². The number of nitrogens with zero attached hydrogens (tertiary/aromatic N) is 2. The van der Waals surface area contributed by atoms with Crippen molar-refractivity contribution >= 4 is 10.0 Å². The lowest BCUT2D eigenvalue weighted by atomic mass is 9.96. The summed E-state index contributed by atoms with van der Waals surface area (Å²) >= 11 is 0. The van der Waals surface area contributed by atoms with Gasteiger partial charge in [-0.1, -0.05) is 20.8 Å². The number of rotatable bonds is 3. The predicted molar refractivity (Wildman–Crippen MR) is 80.1 cm³/mol. The Kier molecular flexibility index (Phi) is 4.25. The molecule has 1 fully saturated rings. The zero-order chi connectivity index (χ0) is 15.0. The normalized spacial score (nSPS) is 22.1. The Labute approximate surface area is 121 Å². The standard InChI is InChI=1S/C14H25N3O2S/c1-11-8-13(16-15-11)12-6-5-7-17(9-12)20(18,19)10-14(2,3)4/h8,12H,5-7,9-10H2,1-4H3,(H,15,16)/t12-/m1/s1. The van der Waals surface area contributed by atoms with Gasteiger partial charge in [0.05, 0.1) is 11.4 Å². The number of aromatic nitrogens is 2. The lowest BCUT2D eigenvalue weighted by Crippen LogP contribution is -2.42. The third kappa shape index (κ3) is 3.82. The number of sulfonamides is 1. The van der Waals surface area contributed by atoms with Gasteiger partial charge in [-0.15, -0.1) is 0 Å². The minimum absolute atomic E-state index is 0.201. The van der Waals surface area contributed by atoms with E-state index in [4.69, 9.17) is 0 Å². The summed E-state index contributed by atoms with van der Waals surface area (Å²) in [4.78, 5) is 0. The van der Waals surface area contributed by atoms with Crippen molar-refractivity contribution in [1.29, 1.82) is 0 Å². The minimum Gasteiger partial charge on any atom is -0.283 e. The fraction of sp³-hybridized carbons (Fsp3) is 0.786. The highest BCUT2D eigenvalue weighted by atomic mass is 32.2. The first-order valence-electron chi connectivity index (χ1n) is 7.17. The van der Waals surface area contributed by atoms with Gasteiger partial charge >= 0.3 is 0 Å². The number of nitrogens with one attached hydrogen (secondary N) is 1. The van der Waals surface area contributed by atoms with Gasteiger partial charge in [0.1, 0.15) is 0 Å². The highest BCUT2D eigenvalue weighted by Gasteiger charge is 2.33. The maximum atomic E-state index is 12.5. The van der Waals surface area contributed by atoms with E-state index in [1.165, 1.54) is 0 Å². The molecule has 1 aromatic heterocycles. The third-order valence-electron chi connectivity index (χ3n) is 3.54. The number of hydrogen-bond donors (Lipinski definition) is 1. The number of aryl methyl sites for hydroxylation is 1. The summed E-state index contributed by atoms with van der Waals surface area (Å²) in [5, 5.41) is 7.22. The van der Waals surface area contributed by atoms with Crippen LogP contribution in [-0.2, 0) is 10.0 Å². The first kappa shape index (κ1) is 15.5. The molecular formula is C14H25N3O2S. The summed E-state index contributed by atoms with van der Waals surface area (Å²) in [6.45, 7) is 9.05. The summed E-state index contributed by atoms with van der Waals surface area (Å²) in [7, 11) is -3.18. The van der Waals surface area contributed by atoms with E-state index in [1.54, 1.807) is 4.31 Å². The zero-order valence-electron chi connectivity index (χ0n) is 12.8. The average Bonchev–Trinajstić information content (AvgIpc) is 2.73. The molecule has 2 rings (SSSR count). The number of piperidine rings is 1. The largest absolute Gasteiger partial charge is 0.283 e. The van der Waals surface area contributed by atoms with Gasteiger partial charge in [-0.05, 0) is 31.2 Å². The van der Waals surface area contributed by atoms with Crippen LogP contribution in [-0.4, -0.2) is 41.8 Å². The van der Waals surface area contributed by atoms with E-state index >= 15 is 0 Å². The highest BCUT2D eigenvalue weighted by molar-refractivity contribution is 7.89. The zero-order valence-corrected chi connectivity index (χ0v) is 13.6. The van der Waals surface area contributed by atoms with E-state index in [0.29, 0.717) is 13.1 Å². The Morgan fingerprint density at radius 3 is 2.70 bits per heavy atom. The topological polar surface area (TPSA) is 66.1 Å². The highest BCUT2D eigenvalue weighted by Crippen LogP contribution is 2.29. The van der Waals surface area contributed by atoms with Crippen molar-refractivity contribution in [3.63, 3.8) is 0 Å². The molecule has 1 aliphatic heterocycles. The van der Waals surface area contributed by atoms with Crippen LogP contribution in [0.5, 0.6) is 0 Å². The number of aromatic amines is 1. The van der Waals surface area contributed by atoms with Crippen LogP contribution in [0, 0.1) is 12.3 Å². The van der Waals surface area contributed by atoms with Crippen molar-refractivity contribution in [2.45, 2.75) is 46.5 Å². The maximum absolute atomic E-state index is 12.5. The second kappa shape index (κ2) is 5.48. The van der Waals surface area contributed by atoms with Crippen LogP contribution in [0.4, 0.5) is 0 Å². The molecule has 5 nitrogen and oxygen atoms in total. The molecule has 2 heterocycles. The van der Waals surface area contributed by atoms with Crippen LogP contribution >= 0.6 is 0 Å². The molecule has 20 heavy (non-hydrogen) atoms. The predicted octanol–water partition coefficient (Wildman–Crippen LogP) is 2.27. The fourth-order valence-electron chi connectivity index (χ4n) is 2.72. The van der Waals surface area contributed by atoms with Gasteiger partial charge in [0.15, 0.2) is 0 Å². The molecular weight excluding hydrogens is 274 g/mol. The second-order valence-electron chi connectivity index (χ2n) is 6.99. The van der Waals surface area contributed by atoms with Crippen LogP contribution in [0.15, 0.2) is 6.07 Å². The van der Waals surface area contributed by atoms with Gasteiger partial charge in [-0.3, -0.25) is 5.10 Å². The molecule has 0 aliphatic carbocycles. The molecule has 0 bridgehead atoms. The van der Waals surface area contributed by atoms with Gasteiger partial charge < -0.3 is 0 Å². The smallest absolute Gasteiger partial charge is 0.214 e. The minimum atomic E-state index is -3.18. The van der Waals surface area contributed by atoms with Gasteiger partial charge in [0.2, 0.25) is 10.0 Å². The molecule has 1 N–H and O–H groups in total. The summed E-state index contributed by atoms with van der Waals surface area (Å²) in [5.74, 6) is 0.412. The van der Waals surface area contributed by atoms with Crippen LogP contribution < -0.4 is 0 Å². The lowest BCUT2D eigenvalue weighted by molar-refractivity contribution is 0.306. The number of H-pyrrole nitrogens is 1. The molecule has 0 unspecified atom stereocenters. The Bertz CT molecular complexity index is 557. The van der Waals surface area contributed by atoms with Crippen molar-refractivity contribution in [3.8, 4) is 0 Å². The van der Waals surface area contributed by atoms with E-state index in [1.807, 2.05) is 33.8 Å². The molecule has 114 valence electrons. The molecule has 0 amide bonds. The maximum Gasteiger partial charge on any atom is 0.214 e. The van der Waals surface area contributed by atoms with Crippen LogP contribution in [0.1, 0.15) is 50.9 Å². The average molecular weight is 299 g/mol. The monoisotopic (exact) mass is 299 g/mol. The van der Waals surface area contributed by atoms with E-state index in [9.17, 15) is 8.42 Å². The fourth-order valence-corrected chi connectivity index (χ4v) is 4.81. The summed E-state index contributed by atoms with van der Waals surface area (Å²) in [5.41, 5.74) is 1.79. The van der Waals surface area contributed by atoms with Crippen molar-refractivity contribution in [2.75, 3.05) is 18.8 Å². The summed E-state index contributed by atoms with van der Waals surface area (Å²) < 4.78 is 26.6. The summed E-state index contributed by atoms with van der Waals surface area (Å²) in [6, 6.07) is 2.02. The van der Waals surface area contributed by atoms with Gasteiger partial charge in [-0.2, -0.15) is 5.10 Å². The molecule has 1 aromatic rings. The molecule has 0 saturated carbocycles. The quantitative estimate of drug-likeness (QED) is 0.931. The molecule has 0 spiro atoms. The van der Waals surface area contributed by atoms with E-state index < -0.39 is 10.0 Å². The first-order chi connectivity index (χ1) is 9.17. The lowest BCUT2D eigenvalue weighted by Gasteiger charge is -2.33. The van der Waals surface area contributed by atoms with E-state index in [2.05, 4.69) is 10.2 Å². The molecule has 0 aromatic carbocycles. The van der Waals surface area contributed by atoms with Crippen molar-refractivity contribution in [1.82, 2.24) is 14.5 Å². The van der Waals surface area contributed by atoms with Crippen molar-refractivity contribution in [2.24, 2.45) is 5.41 Å². The summed E-state index contributed by atoms with van der Waals surface area (Å²) in [6.07, 6.45) is 1.91. The number of hydrogen-bond acceptors (Lipinski definition) is 3. The first-order valence-corrected chi connectivity index (χ1v) is 8.78. The molecule has 1 atom stereocenters. The Morgan fingerprint density at radius 2 is 2.15 bits per heavy atom.